The van der Waals surface area contributed by atoms with Crippen LogP contribution in [0.15, 0.2) is 0 Å². The SMILES string of the molecule is CNC(C)(CO)CCCN1CCC(C)CC1. The number of likely N-dealkylation sites (tertiary alicyclic amines) is 1. The van der Waals surface area contributed by atoms with Gasteiger partial charge < -0.3 is 15.3 Å². The number of hydrogen-bond donors (Lipinski definition) is 2. The number of aliphatic hydroxyl groups is 1. The minimum Gasteiger partial charge on any atom is -0.394 e. The fourth-order valence-corrected chi connectivity index (χ4v) is 2.26. The van der Waals surface area contributed by atoms with Gasteiger partial charge in [0.25, 0.3) is 0 Å². The van der Waals surface area contributed by atoms with E-state index in [1.807, 2.05) is 7.05 Å². The van der Waals surface area contributed by atoms with Gasteiger partial charge in [0.15, 0.2) is 0 Å². The predicted octanol–water partition coefficient (Wildman–Crippen LogP) is 1.47. The molecule has 1 saturated heterocycles. The summed E-state index contributed by atoms with van der Waals surface area (Å²) in [4.78, 5) is 2.56. The molecule has 3 heteroatoms. The highest BCUT2D eigenvalue weighted by Gasteiger charge is 2.21. The van der Waals surface area contributed by atoms with Crippen molar-refractivity contribution in [3.8, 4) is 0 Å². The molecule has 0 bridgehead atoms. The number of nitrogens with zero attached hydrogens (tertiary/aromatic N) is 1. The van der Waals surface area contributed by atoms with E-state index in [4.69, 9.17) is 0 Å². The minimum absolute atomic E-state index is 0.0942. The van der Waals surface area contributed by atoms with Gasteiger partial charge in [-0.15, -0.1) is 0 Å². The normalized spacial score (nSPS) is 23.2. The molecular formula is C13H28N2O. The van der Waals surface area contributed by atoms with E-state index in [2.05, 4.69) is 24.1 Å². The van der Waals surface area contributed by atoms with Crippen LogP contribution < -0.4 is 5.32 Å². The first kappa shape index (κ1) is 13.9. The van der Waals surface area contributed by atoms with E-state index in [1.54, 1.807) is 0 Å². The summed E-state index contributed by atoms with van der Waals surface area (Å²) < 4.78 is 0. The maximum Gasteiger partial charge on any atom is 0.0610 e. The van der Waals surface area contributed by atoms with Crippen molar-refractivity contribution in [2.75, 3.05) is 33.3 Å². The zero-order valence-corrected chi connectivity index (χ0v) is 11.1. The molecule has 0 saturated carbocycles. The Bertz CT molecular complexity index is 184. The summed E-state index contributed by atoms with van der Waals surface area (Å²) >= 11 is 0. The zero-order chi connectivity index (χ0) is 12.0. The number of aliphatic hydroxyl groups excluding tert-OH is 1. The van der Waals surface area contributed by atoms with Gasteiger partial charge in [0.05, 0.1) is 6.61 Å². The maximum atomic E-state index is 9.28. The van der Waals surface area contributed by atoms with Crippen molar-refractivity contribution in [3.05, 3.63) is 0 Å². The van der Waals surface area contributed by atoms with Crippen LogP contribution in [-0.2, 0) is 0 Å². The predicted molar refractivity (Wildman–Crippen MR) is 68.6 cm³/mol. The third-order valence-electron chi connectivity index (χ3n) is 4.03. The third kappa shape index (κ3) is 4.40. The van der Waals surface area contributed by atoms with Crippen LogP contribution in [0.4, 0.5) is 0 Å². The average molecular weight is 228 g/mol. The van der Waals surface area contributed by atoms with Crippen LogP contribution in [0.25, 0.3) is 0 Å². The molecule has 1 atom stereocenters. The fraction of sp³-hybridized carbons (Fsp3) is 1.00. The lowest BCUT2D eigenvalue weighted by molar-refractivity contribution is 0.152. The standard InChI is InChI=1S/C13H28N2O/c1-12-5-9-15(10-6-12)8-4-7-13(2,11-16)14-3/h12,14,16H,4-11H2,1-3H3. The minimum atomic E-state index is -0.0942. The quantitative estimate of drug-likeness (QED) is 0.722. The second-order valence-corrected chi connectivity index (χ2v) is 5.60. The molecule has 1 aliphatic rings. The van der Waals surface area contributed by atoms with Crippen LogP contribution in [-0.4, -0.2) is 48.8 Å². The third-order valence-corrected chi connectivity index (χ3v) is 4.03. The highest BCUT2D eigenvalue weighted by atomic mass is 16.3. The van der Waals surface area contributed by atoms with E-state index in [0.717, 1.165) is 12.3 Å². The Balaban J connectivity index is 2.15. The van der Waals surface area contributed by atoms with Gasteiger partial charge in [-0.25, -0.2) is 0 Å². The number of likely N-dealkylation sites (N-methyl/N-ethyl adjacent to an activating group) is 1. The van der Waals surface area contributed by atoms with Crippen LogP contribution in [0, 0.1) is 5.92 Å². The van der Waals surface area contributed by atoms with Crippen LogP contribution in [0.3, 0.4) is 0 Å². The molecule has 16 heavy (non-hydrogen) atoms. The Morgan fingerprint density at radius 1 is 1.38 bits per heavy atom. The first-order chi connectivity index (χ1) is 7.59. The topological polar surface area (TPSA) is 35.5 Å². The van der Waals surface area contributed by atoms with Gasteiger partial charge in [-0.1, -0.05) is 6.92 Å². The van der Waals surface area contributed by atoms with Crippen molar-refractivity contribution in [2.24, 2.45) is 5.92 Å². The second kappa shape index (κ2) is 6.58. The van der Waals surface area contributed by atoms with Crippen LogP contribution in [0.1, 0.15) is 39.5 Å². The summed E-state index contributed by atoms with van der Waals surface area (Å²) in [6.45, 7) is 8.37. The molecule has 1 unspecified atom stereocenters. The average Bonchev–Trinajstić information content (AvgIpc) is 2.31. The lowest BCUT2D eigenvalue weighted by Gasteiger charge is -2.32. The first-order valence-electron chi connectivity index (χ1n) is 6.62. The van der Waals surface area contributed by atoms with Crippen molar-refractivity contribution < 1.29 is 5.11 Å². The van der Waals surface area contributed by atoms with E-state index >= 15 is 0 Å². The lowest BCUT2D eigenvalue weighted by Crippen LogP contribution is -2.44. The van der Waals surface area contributed by atoms with Crippen molar-refractivity contribution in [1.82, 2.24) is 10.2 Å². The van der Waals surface area contributed by atoms with E-state index < -0.39 is 0 Å². The zero-order valence-electron chi connectivity index (χ0n) is 11.1. The molecule has 0 spiro atoms. The number of piperidine rings is 1. The largest absolute Gasteiger partial charge is 0.394 e. The fourth-order valence-electron chi connectivity index (χ4n) is 2.26. The number of hydrogen-bond acceptors (Lipinski definition) is 3. The lowest BCUT2D eigenvalue weighted by atomic mass is 9.95. The Morgan fingerprint density at radius 3 is 2.50 bits per heavy atom. The molecule has 0 aromatic carbocycles. The molecule has 1 aliphatic heterocycles. The molecule has 0 radical (unpaired) electrons. The van der Waals surface area contributed by atoms with Gasteiger partial charge in [0.1, 0.15) is 0 Å². The molecule has 1 heterocycles. The van der Waals surface area contributed by atoms with Gasteiger partial charge >= 0.3 is 0 Å². The monoisotopic (exact) mass is 228 g/mol. The van der Waals surface area contributed by atoms with Crippen molar-refractivity contribution in [2.45, 2.75) is 45.1 Å². The van der Waals surface area contributed by atoms with Crippen LogP contribution in [0.2, 0.25) is 0 Å². The molecule has 1 rings (SSSR count). The Hall–Kier alpha value is -0.120. The molecule has 96 valence electrons. The number of rotatable bonds is 6. The smallest absolute Gasteiger partial charge is 0.0610 e. The molecular weight excluding hydrogens is 200 g/mol. The Morgan fingerprint density at radius 2 is 2.00 bits per heavy atom. The molecule has 0 aromatic rings. The van der Waals surface area contributed by atoms with E-state index in [1.165, 1.54) is 38.9 Å². The summed E-state index contributed by atoms with van der Waals surface area (Å²) in [5.41, 5.74) is -0.0942. The van der Waals surface area contributed by atoms with Gasteiger partial charge in [0, 0.05) is 5.54 Å². The van der Waals surface area contributed by atoms with Crippen molar-refractivity contribution >= 4 is 0 Å². The van der Waals surface area contributed by atoms with E-state index in [0.29, 0.717) is 0 Å². The first-order valence-corrected chi connectivity index (χ1v) is 6.62. The summed E-state index contributed by atoms with van der Waals surface area (Å²) in [5, 5.41) is 12.5. The second-order valence-electron chi connectivity index (χ2n) is 5.60. The molecule has 1 fully saturated rings. The Kier molecular flexibility index (Phi) is 5.73. The summed E-state index contributed by atoms with van der Waals surface area (Å²) in [5.74, 6) is 0.913. The molecule has 3 nitrogen and oxygen atoms in total. The van der Waals surface area contributed by atoms with Crippen LogP contribution in [0.5, 0.6) is 0 Å². The molecule has 0 amide bonds. The highest BCUT2D eigenvalue weighted by molar-refractivity contribution is 4.81. The van der Waals surface area contributed by atoms with Gasteiger partial charge in [0.2, 0.25) is 0 Å². The molecule has 2 N–H and O–H groups in total. The number of nitrogens with one attached hydrogen (secondary N) is 1. The van der Waals surface area contributed by atoms with Gasteiger partial charge in [-0.3, -0.25) is 0 Å². The van der Waals surface area contributed by atoms with Gasteiger partial charge in [-0.05, 0) is 65.2 Å². The summed E-state index contributed by atoms with van der Waals surface area (Å²) in [6, 6.07) is 0. The summed E-state index contributed by atoms with van der Waals surface area (Å²) in [7, 11) is 1.93. The van der Waals surface area contributed by atoms with Crippen molar-refractivity contribution in [3.63, 3.8) is 0 Å². The van der Waals surface area contributed by atoms with Crippen molar-refractivity contribution in [1.29, 1.82) is 0 Å². The Labute approximate surface area is 100 Å². The van der Waals surface area contributed by atoms with Gasteiger partial charge in [-0.2, -0.15) is 0 Å². The molecule has 0 aromatic heterocycles. The molecule has 0 aliphatic carbocycles. The maximum absolute atomic E-state index is 9.28. The summed E-state index contributed by atoms with van der Waals surface area (Å²) in [6.07, 6.45) is 4.92. The highest BCUT2D eigenvalue weighted by Crippen LogP contribution is 2.17. The van der Waals surface area contributed by atoms with E-state index in [-0.39, 0.29) is 12.1 Å². The van der Waals surface area contributed by atoms with Crippen LogP contribution >= 0.6 is 0 Å². The van der Waals surface area contributed by atoms with E-state index in [9.17, 15) is 5.11 Å².